The molecule has 11 rings (SSSR count). The van der Waals surface area contributed by atoms with Crippen LogP contribution in [0.5, 0.6) is 11.5 Å². The Morgan fingerprint density at radius 3 is 1.96 bits per heavy atom. The standard InChI is InChI=1S/C34H39N7O3.C17H20N4O2/c1-20-11-29-28(33(37-20)35-14-22-5-7-27(43-3)13-31(22)44-4)8-9-30(29)39-34(42)26-15-36-41(19-26)18-23-6-10-32(38-21(23)2)40-16-24-12-25(24)17-40;1-10-12(8-21-9-15(17(22)23)11(2)19-21)3-4-16(18-10)20-6-13-5-14(13)7-20/h5-7,10-11,13,15,19,24-25,30H,8-9,12,14,16-18H2,1-4H3,(H,35,37)(H,39,42);3-4,9,13-14H,5-8H2,1-2H3,(H,22,23)/t24?,25?,30-;/m1./s1. The van der Waals surface area contributed by atoms with Gasteiger partial charge in [-0.15, -0.1) is 0 Å². The van der Waals surface area contributed by atoms with Crippen LogP contribution >= 0.6 is 0 Å². The lowest BCUT2D eigenvalue weighted by atomic mass is 10.1. The Labute approximate surface area is 390 Å². The van der Waals surface area contributed by atoms with Gasteiger partial charge in [0.1, 0.15) is 34.5 Å². The maximum Gasteiger partial charge on any atom is 0.339 e. The summed E-state index contributed by atoms with van der Waals surface area (Å²) in [5, 5.41) is 24.6. The van der Waals surface area contributed by atoms with Crippen molar-refractivity contribution in [2.45, 2.75) is 79.1 Å². The molecule has 1 amide bonds. The molecular weight excluding hydrogens is 847 g/mol. The highest BCUT2D eigenvalue weighted by atomic mass is 16.5. The van der Waals surface area contributed by atoms with Crippen molar-refractivity contribution in [2.24, 2.45) is 23.7 Å². The predicted molar refractivity (Wildman–Crippen MR) is 254 cm³/mol. The van der Waals surface area contributed by atoms with Crippen LogP contribution in [0.2, 0.25) is 0 Å². The van der Waals surface area contributed by atoms with Gasteiger partial charge >= 0.3 is 5.97 Å². The number of piperidine rings is 2. The van der Waals surface area contributed by atoms with Crippen molar-refractivity contribution >= 4 is 29.3 Å². The second-order valence-electron chi connectivity index (χ2n) is 19.0. The van der Waals surface area contributed by atoms with Gasteiger partial charge in [0.2, 0.25) is 0 Å². The summed E-state index contributed by atoms with van der Waals surface area (Å²) < 4.78 is 14.4. The predicted octanol–water partition coefficient (Wildman–Crippen LogP) is 6.94. The monoisotopic (exact) mass is 905 g/mol. The van der Waals surface area contributed by atoms with Gasteiger partial charge in [-0.05, 0) is 130 Å². The van der Waals surface area contributed by atoms with Crippen LogP contribution in [0.25, 0.3) is 0 Å². The van der Waals surface area contributed by atoms with Crippen LogP contribution < -0.4 is 29.9 Å². The number of pyridine rings is 3. The van der Waals surface area contributed by atoms with Gasteiger partial charge in [-0.1, -0.05) is 12.1 Å². The van der Waals surface area contributed by atoms with E-state index in [1.165, 1.54) is 12.8 Å². The van der Waals surface area contributed by atoms with E-state index in [1.807, 2.05) is 42.9 Å². The Morgan fingerprint density at radius 2 is 1.37 bits per heavy atom. The maximum atomic E-state index is 13.3. The number of carboxylic acids is 1. The zero-order chi connectivity index (χ0) is 46.5. The van der Waals surface area contributed by atoms with E-state index in [0.717, 1.165) is 137 Å². The summed E-state index contributed by atoms with van der Waals surface area (Å²) in [7, 11) is 3.30. The van der Waals surface area contributed by atoms with Crippen molar-refractivity contribution in [3.63, 3.8) is 0 Å². The van der Waals surface area contributed by atoms with Crippen molar-refractivity contribution in [1.29, 1.82) is 0 Å². The van der Waals surface area contributed by atoms with Gasteiger partial charge in [-0.25, -0.2) is 19.7 Å². The number of benzene rings is 1. The number of hydrogen-bond donors (Lipinski definition) is 3. The molecule has 5 atom stereocenters. The summed E-state index contributed by atoms with van der Waals surface area (Å²) in [6.45, 7) is 14.0. The van der Waals surface area contributed by atoms with E-state index < -0.39 is 5.97 Å². The highest BCUT2D eigenvalue weighted by Gasteiger charge is 2.46. The van der Waals surface area contributed by atoms with Crippen LogP contribution in [0.3, 0.4) is 0 Å². The van der Waals surface area contributed by atoms with E-state index in [0.29, 0.717) is 30.9 Å². The van der Waals surface area contributed by atoms with Crippen LogP contribution in [0, 0.1) is 51.4 Å². The molecule has 16 heteroatoms. The molecule has 5 aliphatic rings. The topological polar surface area (TPSA) is 178 Å². The number of anilines is 3. The third-order valence-corrected chi connectivity index (χ3v) is 14.3. The van der Waals surface area contributed by atoms with E-state index in [-0.39, 0.29) is 17.5 Å². The number of rotatable bonds is 14. The van der Waals surface area contributed by atoms with E-state index in [4.69, 9.17) is 29.5 Å². The molecule has 67 heavy (non-hydrogen) atoms. The van der Waals surface area contributed by atoms with Crippen molar-refractivity contribution < 1.29 is 24.2 Å². The molecule has 0 radical (unpaired) electrons. The van der Waals surface area contributed by atoms with Crippen molar-refractivity contribution in [3.05, 3.63) is 129 Å². The molecule has 348 valence electrons. The fraction of sp³-hybridized carbons (Fsp3) is 0.431. The van der Waals surface area contributed by atoms with Crippen molar-refractivity contribution in [2.75, 3.05) is 55.5 Å². The number of fused-ring (bicyclic) bond motifs is 3. The minimum atomic E-state index is -0.938. The molecule has 5 aromatic heterocycles. The molecule has 3 N–H and O–H groups in total. The molecule has 2 aliphatic heterocycles. The lowest BCUT2D eigenvalue weighted by molar-refractivity contribution is 0.0695. The van der Waals surface area contributed by atoms with Gasteiger partial charge in [-0.3, -0.25) is 14.2 Å². The average Bonchev–Trinajstić information content (AvgIpc) is 3.74. The first kappa shape index (κ1) is 43.9. The van der Waals surface area contributed by atoms with Crippen LogP contribution in [-0.4, -0.2) is 91.9 Å². The first-order valence-electron chi connectivity index (χ1n) is 23.4. The van der Waals surface area contributed by atoms with E-state index in [9.17, 15) is 9.59 Å². The number of nitrogens with one attached hydrogen (secondary N) is 2. The quantitative estimate of drug-likeness (QED) is 0.103. The molecule has 4 fully saturated rings. The van der Waals surface area contributed by atoms with Crippen LogP contribution in [0.4, 0.5) is 17.5 Å². The van der Waals surface area contributed by atoms with E-state index >= 15 is 0 Å². The SMILES string of the molecule is COc1ccc(CNc2nc(C)cc3c2CC[C@H]3NC(=O)c2cnn(Cc3ccc(N4CC5CC5C4)nc3C)c2)c(OC)c1.Cc1nc(N2CC3CC3C2)ccc1Cn1cc(C(=O)O)c(C)n1. The summed E-state index contributed by atoms with van der Waals surface area (Å²) in [6.07, 6.45) is 9.46. The lowest BCUT2D eigenvalue weighted by Gasteiger charge is -2.20. The number of carboxylic acid groups (broad SMARTS) is 1. The van der Waals surface area contributed by atoms with Crippen molar-refractivity contribution in [3.8, 4) is 11.5 Å². The highest BCUT2D eigenvalue weighted by molar-refractivity contribution is 5.94. The molecule has 6 aromatic rings. The smallest absolute Gasteiger partial charge is 0.339 e. The fourth-order valence-corrected chi connectivity index (χ4v) is 10.2. The molecular formula is C51H59N11O5. The second-order valence-corrected chi connectivity index (χ2v) is 19.0. The number of carbonyl (C=O) groups excluding carboxylic acids is 1. The minimum Gasteiger partial charge on any atom is -0.497 e. The number of amides is 1. The Morgan fingerprint density at radius 1 is 0.746 bits per heavy atom. The molecule has 4 unspecified atom stereocenters. The summed E-state index contributed by atoms with van der Waals surface area (Å²) in [5.41, 5.74) is 9.66. The van der Waals surface area contributed by atoms with Crippen molar-refractivity contribution in [1.82, 2.24) is 39.8 Å². The Kier molecular flexibility index (Phi) is 11.8. The van der Waals surface area contributed by atoms with Crippen LogP contribution in [0.1, 0.15) is 96.6 Å². The Balaban J connectivity index is 0.000000191. The number of aromatic nitrogens is 7. The largest absolute Gasteiger partial charge is 0.497 e. The summed E-state index contributed by atoms with van der Waals surface area (Å²) >= 11 is 0. The third-order valence-electron chi connectivity index (χ3n) is 14.3. The molecule has 7 heterocycles. The van der Waals surface area contributed by atoms with Gasteiger partial charge < -0.3 is 35.0 Å². The summed E-state index contributed by atoms with van der Waals surface area (Å²) in [4.78, 5) is 43.6. The first-order chi connectivity index (χ1) is 32.4. The Hall–Kier alpha value is -6.97. The minimum absolute atomic E-state index is 0.0887. The Bertz CT molecular complexity index is 2840. The maximum absolute atomic E-state index is 13.3. The third kappa shape index (κ3) is 9.38. The van der Waals surface area contributed by atoms with E-state index in [2.05, 4.69) is 67.9 Å². The number of nitrogens with zero attached hydrogens (tertiary/aromatic N) is 9. The van der Waals surface area contributed by atoms with Gasteiger partial charge in [0.25, 0.3) is 5.91 Å². The van der Waals surface area contributed by atoms with Gasteiger partial charge in [0.15, 0.2) is 0 Å². The van der Waals surface area contributed by atoms with Gasteiger partial charge in [-0.2, -0.15) is 10.2 Å². The molecule has 16 nitrogen and oxygen atoms in total. The van der Waals surface area contributed by atoms with Gasteiger partial charge in [0, 0.05) is 73.8 Å². The number of hydrogen-bond acceptors (Lipinski definition) is 12. The molecule has 3 aliphatic carbocycles. The normalized spacial score (nSPS) is 20.7. The number of carbonyl (C=O) groups is 2. The fourth-order valence-electron chi connectivity index (χ4n) is 10.2. The summed E-state index contributed by atoms with van der Waals surface area (Å²) in [6, 6.07) is 16.2. The van der Waals surface area contributed by atoms with Crippen LogP contribution in [0.15, 0.2) is 67.1 Å². The number of methoxy groups -OCH3 is 2. The molecule has 1 aromatic carbocycles. The molecule has 2 saturated carbocycles. The number of aromatic carboxylic acids is 1. The highest BCUT2D eigenvalue weighted by Crippen LogP contribution is 2.47. The number of ether oxygens (including phenoxy) is 2. The molecule has 2 saturated heterocycles. The zero-order valence-electron chi connectivity index (χ0n) is 39.1. The summed E-state index contributed by atoms with van der Waals surface area (Å²) in [5.74, 6) is 6.93. The number of aryl methyl sites for hydroxylation is 4. The van der Waals surface area contributed by atoms with Crippen LogP contribution in [-0.2, 0) is 26.1 Å². The first-order valence-corrected chi connectivity index (χ1v) is 23.4. The van der Waals surface area contributed by atoms with Gasteiger partial charge in [0.05, 0.1) is 50.8 Å². The molecule has 0 bridgehead atoms. The lowest BCUT2D eigenvalue weighted by Crippen LogP contribution is -2.27. The second kappa shape index (κ2) is 18.0. The van der Waals surface area contributed by atoms with E-state index in [1.54, 1.807) is 38.2 Å². The zero-order valence-corrected chi connectivity index (χ0v) is 39.1. The molecule has 0 spiro atoms. The average molecular weight is 906 g/mol.